The van der Waals surface area contributed by atoms with E-state index in [4.69, 9.17) is 0 Å². The Bertz CT molecular complexity index is 284. The van der Waals surface area contributed by atoms with Gasteiger partial charge in [-0.3, -0.25) is 0 Å². The van der Waals surface area contributed by atoms with Gasteiger partial charge in [0.2, 0.25) is 0 Å². The molecule has 0 aromatic rings. The number of carbonyl (C=O) groups excluding carboxylic acids is 1. The summed E-state index contributed by atoms with van der Waals surface area (Å²) in [5.41, 5.74) is 0. The predicted molar refractivity (Wildman–Crippen MR) is 52.4 cm³/mol. The van der Waals surface area contributed by atoms with Crippen LogP contribution in [0.4, 0.5) is 0 Å². The van der Waals surface area contributed by atoms with Crippen LogP contribution in [0.15, 0.2) is 12.7 Å². The third-order valence-electron chi connectivity index (χ3n) is 3.64. The smallest absolute Gasteiger partial charge is 0.334 e. The van der Waals surface area contributed by atoms with Crippen LogP contribution >= 0.6 is 0 Å². The predicted octanol–water partition coefficient (Wildman–Crippen LogP) is 0.790. The normalized spacial score (nSPS) is 34.1. The molecule has 2 rings (SSSR count). The van der Waals surface area contributed by atoms with Crippen molar-refractivity contribution < 1.29 is 19.7 Å². The number of hydrogen-bond donors (Lipinski definition) is 2. The Balaban J connectivity index is 2.02. The van der Waals surface area contributed by atoms with Crippen molar-refractivity contribution in [3.8, 4) is 0 Å². The second-order valence-electron chi connectivity index (χ2n) is 4.57. The van der Waals surface area contributed by atoms with Gasteiger partial charge in [0, 0.05) is 6.08 Å². The van der Waals surface area contributed by atoms with Gasteiger partial charge in [-0.1, -0.05) is 13.0 Å². The first kappa shape index (κ1) is 10.6. The van der Waals surface area contributed by atoms with Crippen molar-refractivity contribution in [2.45, 2.75) is 31.7 Å². The lowest BCUT2D eigenvalue weighted by Gasteiger charge is -2.32. The van der Waals surface area contributed by atoms with E-state index in [0.29, 0.717) is 5.92 Å². The summed E-state index contributed by atoms with van der Waals surface area (Å²) in [5, 5.41) is 19.4. The van der Waals surface area contributed by atoms with Crippen molar-refractivity contribution in [2.24, 2.45) is 17.8 Å². The number of ether oxygens (including phenoxy) is 1. The molecular weight excluding hydrogens is 196 g/mol. The lowest BCUT2D eigenvalue weighted by atomic mass is 9.87. The maximum atomic E-state index is 10.9. The molecule has 2 saturated carbocycles. The SMILES string of the molecule is C=CC(=O)OC(O)(O)C1CC2CCC1C2. The molecule has 2 aliphatic carbocycles. The van der Waals surface area contributed by atoms with Crippen molar-refractivity contribution >= 4 is 5.97 Å². The molecule has 2 aliphatic rings. The first-order chi connectivity index (χ1) is 7.03. The van der Waals surface area contributed by atoms with Crippen molar-refractivity contribution in [3.05, 3.63) is 12.7 Å². The highest BCUT2D eigenvalue weighted by atomic mass is 16.8. The molecule has 2 fully saturated rings. The van der Waals surface area contributed by atoms with Crippen LogP contribution in [0.3, 0.4) is 0 Å². The van der Waals surface area contributed by atoms with Gasteiger partial charge in [-0.2, -0.15) is 0 Å². The van der Waals surface area contributed by atoms with Crippen LogP contribution < -0.4 is 0 Å². The number of carbonyl (C=O) groups is 1. The average Bonchev–Trinajstić information content (AvgIpc) is 2.77. The van der Waals surface area contributed by atoms with E-state index in [-0.39, 0.29) is 11.8 Å². The van der Waals surface area contributed by atoms with Gasteiger partial charge in [0.1, 0.15) is 0 Å². The van der Waals surface area contributed by atoms with E-state index < -0.39 is 11.9 Å². The van der Waals surface area contributed by atoms with E-state index in [1.165, 1.54) is 0 Å². The molecule has 0 heterocycles. The van der Waals surface area contributed by atoms with Gasteiger partial charge in [-0.15, -0.1) is 0 Å². The quantitative estimate of drug-likeness (QED) is 0.412. The molecule has 15 heavy (non-hydrogen) atoms. The highest BCUT2D eigenvalue weighted by molar-refractivity contribution is 5.81. The van der Waals surface area contributed by atoms with Crippen LogP contribution in [0, 0.1) is 17.8 Å². The fourth-order valence-electron chi connectivity index (χ4n) is 2.97. The first-order valence-corrected chi connectivity index (χ1v) is 5.33. The molecule has 0 amide bonds. The Kier molecular flexibility index (Phi) is 2.56. The number of fused-ring (bicyclic) bond motifs is 2. The minimum Gasteiger partial charge on any atom is -0.405 e. The maximum absolute atomic E-state index is 10.9. The zero-order valence-electron chi connectivity index (χ0n) is 8.56. The van der Waals surface area contributed by atoms with Gasteiger partial charge in [0.05, 0.1) is 5.92 Å². The van der Waals surface area contributed by atoms with Gasteiger partial charge in [0.25, 0.3) is 0 Å². The van der Waals surface area contributed by atoms with Crippen LogP contribution in [-0.2, 0) is 9.53 Å². The molecule has 0 spiro atoms. The zero-order valence-corrected chi connectivity index (χ0v) is 8.56. The average molecular weight is 212 g/mol. The summed E-state index contributed by atoms with van der Waals surface area (Å²) in [7, 11) is 0. The van der Waals surface area contributed by atoms with Gasteiger partial charge in [0.15, 0.2) is 0 Å². The summed E-state index contributed by atoms with van der Waals surface area (Å²) in [6.07, 6.45) is 4.87. The molecule has 0 aliphatic heterocycles. The number of hydrogen-bond acceptors (Lipinski definition) is 4. The molecule has 4 nitrogen and oxygen atoms in total. The molecule has 4 heteroatoms. The lowest BCUT2D eigenvalue weighted by Crippen LogP contribution is -2.44. The Labute approximate surface area is 88.6 Å². The molecule has 3 atom stereocenters. The molecule has 0 saturated heterocycles. The van der Waals surface area contributed by atoms with E-state index in [9.17, 15) is 15.0 Å². The summed E-state index contributed by atoms with van der Waals surface area (Å²) in [4.78, 5) is 10.9. The molecular formula is C11H16O4. The summed E-state index contributed by atoms with van der Waals surface area (Å²) < 4.78 is 4.58. The van der Waals surface area contributed by atoms with Gasteiger partial charge < -0.3 is 14.9 Å². The van der Waals surface area contributed by atoms with Crippen LogP contribution in [0.25, 0.3) is 0 Å². The first-order valence-electron chi connectivity index (χ1n) is 5.33. The lowest BCUT2D eigenvalue weighted by molar-refractivity contribution is -0.350. The monoisotopic (exact) mass is 212 g/mol. The number of rotatable bonds is 3. The molecule has 2 N–H and O–H groups in total. The Hall–Kier alpha value is -0.870. The Morgan fingerprint density at radius 3 is 2.60 bits per heavy atom. The van der Waals surface area contributed by atoms with E-state index in [0.717, 1.165) is 31.8 Å². The minimum atomic E-state index is -2.31. The summed E-state index contributed by atoms with van der Waals surface area (Å²) in [6, 6.07) is 0. The zero-order chi connectivity index (χ0) is 11.1. The van der Waals surface area contributed by atoms with E-state index in [1.54, 1.807) is 0 Å². The van der Waals surface area contributed by atoms with Crippen molar-refractivity contribution in [1.82, 2.24) is 0 Å². The van der Waals surface area contributed by atoms with Gasteiger partial charge >= 0.3 is 11.9 Å². The van der Waals surface area contributed by atoms with E-state index >= 15 is 0 Å². The Morgan fingerprint density at radius 1 is 1.40 bits per heavy atom. The third kappa shape index (κ3) is 1.92. The molecule has 2 bridgehead atoms. The molecule has 84 valence electrons. The number of aliphatic hydroxyl groups is 2. The standard InChI is InChI=1S/C11H16O4/c1-2-10(12)15-11(13,14)9-6-7-3-4-8(9)5-7/h2,7-9,13-14H,1,3-6H2. The van der Waals surface area contributed by atoms with Crippen molar-refractivity contribution in [3.63, 3.8) is 0 Å². The minimum absolute atomic E-state index is 0.280. The van der Waals surface area contributed by atoms with E-state index in [1.807, 2.05) is 0 Å². The Morgan fingerprint density at radius 2 is 2.13 bits per heavy atom. The van der Waals surface area contributed by atoms with Crippen LogP contribution in [0.2, 0.25) is 0 Å². The molecule has 0 radical (unpaired) electrons. The van der Waals surface area contributed by atoms with Crippen LogP contribution in [0.5, 0.6) is 0 Å². The molecule has 0 aromatic heterocycles. The highest BCUT2D eigenvalue weighted by Gasteiger charge is 2.51. The fraction of sp³-hybridized carbons (Fsp3) is 0.727. The van der Waals surface area contributed by atoms with Gasteiger partial charge in [-0.25, -0.2) is 4.79 Å². The molecule has 3 unspecified atom stereocenters. The van der Waals surface area contributed by atoms with Crippen LogP contribution in [0.1, 0.15) is 25.7 Å². The largest absolute Gasteiger partial charge is 0.405 e. The third-order valence-corrected chi connectivity index (χ3v) is 3.64. The number of esters is 1. The fourth-order valence-corrected chi connectivity index (χ4v) is 2.97. The maximum Gasteiger partial charge on any atom is 0.334 e. The summed E-state index contributed by atoms with van der Waals surface area (Å²) in [6.45, 7) is 3.22. The second kappa shape index (κ2) is 3.61. The molecule has 0 aromatic carbocycles. The highest BCUT2D eigenvalue weighted by Crippen LogP contribution is 2.51. The second-order valence-corrected chi connectivity index (χ2v) is 4.57. The van der Waals surface area contributed by atoms with Crippen LogP contribution in [-0.4, -0.2) is 22.2 Å². The topological polar surface area (TPSA) is 66.8 Å². The summed E-state index contributed by atoms with van der Waals surface area (Å²) in [5.74, 6) is -2.59. The van der Waals surface area contributed by atoms with Gasteiger partial charge in [-0.05, 0) is 31.1 Å². The van der Waals surface area contributed by atoms with E-state index in [2.05, 4.69) is 11.3 Å². The summed E-state index contributed by atoms with van der Waals surface area (Å²) >= 11 is 0. The van der Waals surface area contributed by atoms with Crippen molar-refractivity contribution in [1.29, 1.82) is 0 Å². The van der Waals surface area contributed by atoms with Crippen molar-refractivity contribution in [2.75, 3.05) is 0 Å².